The minimum Gasteiger partial charge on any atom is -0.508 e. The van der Waals surface area contributed by atoms with E-state index in [4.69, 9.17) is 0 Å². The number of hydrogen-bond donors (Lipinski definition) is 2. The van der Waals surface area contributed by atoms with Crippen molar-refractivity contribution in [3.63, 3.8) is 0 Å². The number of benzene rings is 2. The molecular formula is C18H23NOS. The lowest BCUT2D eigenvalue weighted by atomic mass is 10.1. The molecule has 0 spiro atoms. The third-order valence-corrected chi connectivity index (χ3v) is 4.78. The minimum absolute atomic E-state index is 0.327. The first kappa shape index (κ1) is 15.9. The molecule has 0 amide bonds. The van der Waals surface area contributed by atoms with Crippen molar-refractivity contribution in [2.45, 2.75) is 31.2 Å². The summed E-state index contributed by atoms with van der Waals surface area (Å²) in [6.07, 6.45) is 0.979. The first-order valence-corrected chi connectivity index (χ1v) is 8.37. The third-order valence-electron chi connectivity index (χ3n) is 3.44. The maximum absolute atomic E-state index is 9.36. The maximum atomic E-state index is 9.36. The van der Waals surface area contributed by atoms with Crippen molar-refractivity contribution in [1.82, 2.24) is 5.32 Å². The lowest BCUT2D eigenvalue weighted by Gasteiger charge is -2.18. The van der Waals surface area contributed by atoms with Gasteiger partial charge in [0.2, 0.25) is 0 Å². The molecule has 0 aromatic heterocycles. The number of phenolic OH excluding ortho intramolecular Hbond substituents is 1. The van der Waals surface area contributed by atoms with Gasteiger partial charge in [0.15, 0.2) is 0 Å². The van der Waals surface area contributed by atoms with Crippen LogP contribution in [0.5, 0.6) is 5.75 Å². The van der Waals surface area contributed by atoms with Crippen LogP contribution < -0.4 is 5.32 Å². The van der Waals surface area contributed by atoms with Crippen LogP contribution >= 0.6 is 11.8 Å². The molecule has 0 bridgehead atoms. The highest BCUT2D eigenvalue weighted by atomic mass is 32.2. The lowest BCUT2D eigenvalue weighted by molar-refractivity contribution is 0.474. The van der Waals surface area contributed by atoms with Crippen LogP contribution in [0.3, 0.4) is 0 Å². The predicted molar refractivity (Wildman–Crippen MR) is 91.2 cm³/mol. The van der Waals surface area contributed by atoms with Crippen LogP contribution in [0.1, 0.15) is 18.1 Å². The Hall–Kier alpha value is -1.45. The number of aromatic hydroxyl groups is 1. The Morgan fingerprint density at radius 1 is 1.10 bits per heavy atom. The van der Waals surface area contributed by atoms with Gasteiger partial charge in [-0.3, -0.25) is 0 Å². The lowest BCUT2D eigenvalue weighted by Crippen LogP contribution is -2.33. The van der Waals surface area contributed by atoms with Gasteiger partial charge < -0.3 is 10.4 Å². The largest absolute Gasteiger partial charge is 0.508 e. The molecule has 2 aromatic carbocycles. The summed E-state index contributed by atoms with van der Waals surface area (Å²) in [5.74, 6) is 1.37. The fourth-order valence-electron chi connectivity index (χ4n) is 2.30. The zero-order chi connectivity index (χ0) is 15.1. The van der Waals surface area contributed by atoms with Crippen molar-refractivity contribution in [1.29, 1.82) is 0 Å². The number of likely N-dealkylation sites (N-methyl/N-ethyl adjacent to an activating group) is 1. The van der Waals surface area contributed by atoms with E-state index in [9.17, 15) is 5.11 Å². The number of nitrogens with one attached hydrogen (secondary N) is 1. The average Bonchev–Trinajstić information content (AvgIpc) is 2.49. The van der Waals surface area contributed by atoms with E-state index in [0.29, 0.717) is 11.8 Å². The molecule has 2 nitrogen and oxygen atoms in total. The molecule has 1 atom stereocenters. The van der Waals surface area contributed by atoms with Gasteiger partial charge in [-0.25, -0.2) is 0 Å². The van der Waals surface area contributed by atoms with Crippen molar-refractivity contribution in [2.75, 3.05) is 12.3 Å². The normalized spacial score (nSPS) is 12.3. The van der Waals surface area contributed by atoms with Crippen LogP contribution in [0.25, 0.3) is 0 Å². The first-order chi connectivity index (χ1) is 10.2. The summed E-state index contributed by atoms with van der Waals surface area (Å²) in [7, 11) is 0. The van der Waals surface area contributed by atoms with E-state index in [1.807, 2.05) is 23.9 Å². The summed E-state index contributed by atoms with van der Waals surface area (Å²) in [5.41, 5.74) is 2.59. The summed E-state index contributed by atoms with van der Waals surface area (Å²) in [5, 5.41) is 12.9. The fraction of sp³-hybridized carbons (Fsp3) is 0.333. The van der Waals surface area contributed by atoms with Crippen LogP contribution in [-0.2, 0) is 6.42 Å². The van der Waals surface area contributed by atoms with Gasteiger partial charge in [0.05, 0.1) is 0 Å². The van der Waals surface area contributed by atoms with Gasteiger partial charge in [0, 0.05) is 16.7 Å². The van der Waals surface area contributed by atoms with E-state index >= 15 is 0 Å². The molecule has 112 valence electrons. The second-order valence-electron chi connectivity index (χ2n) is 5.20. The molecule has 2 rings (SSSR count). The van der Waals surface area contributed by atoms with Gasteiger partial charge in [-0.1, -0.05) is 37.3 Å². The standard InChI is InChI=1S/C18H23NOS/c1-3-19-16(12-15-8-10-17(20)11-9-15)13-21-18-7-5-4-6-14(18)2/h4-11,16,19-20H,3,12-13H2,1-2H3. The second-order valence-corrected chi connectivity index (χ2v) is 6.26. The van der Waals surface area contributed by atoms with E-state index in [1.54, 1.807) is 12.1 Å². The van der Waals surface area contributed by atoms with Crippen LogP contribution in [0.2, 0.25) is 0 Å². The topological polar surface area (TPSA) is 32.3 Å². The Bertz CT molecular complexity index is 553. The molecule has 0 aliphatic heterocycles. The van der Waals surface area contributed by atoms with Crippen LogP contribution in [0, 0.1) is 6.92 Å². The van der Waals surface area contributed by atoms with Gasteiger partial charge in [-0.15, -0.1) is 11.8 Å². The predicted octanol–water partition coefficient (Wildman–Crippen LogP) is 4.01. The van der Waals surface area contributed by atoms with Crippen LogP contribution in [-0.4, -0.2) is 23.4 Å². The smallest absolute Gasteiger partial charge is 0.115 e. The molecule has 0 radical (unpaired) electrons. The molecule has 3 heteroatoms. The van der Waals surface area contributed by atoms with Gasteiger partial charge in [0.25, 0.3) is 0 Å². The SMILES string of the molecule is CCNC(CSc1ccccc1C)Cc1ccc(O)cc1. The quantitative estimate of drug-likeness (QED) is 0.758. The molecule has 0 saturated heterocycles. The van der Waals surface area contributed by atoms with Gasteiger partial charge in [0.1, 0.15) is 5.75 Å². The average molecular weight is 301 g/mol. The van der Waals surface area contributed by atoms with Gasteiger partial charge in [-0.2, -0.15) is 0 Å². The number of thioether (sulfide) groups is 1. The van der Waals surface area contributed by atoms with E-state index in [1.165, 1.54) is 16.0 Å². The summed E-state index contributed by atoms with van der Waals surface area (Å²) < 4.78 is 0. The summed E-state index contributed by atoms with van der Waals surface area (Å²) in [6, 6.07) is 16.5. The summed E-state index contributed by atoms with van der Waals surface area (Å²) in [6.45, 7) is 5.27. The van der Waals surface area contributed by atoms with Crippen molar-refractivity contribution in [3.8, 4) is 5.75 Å². The molecule has 0 saturated carbocycles. The molecular weight excluding hydrogens is 278 g/mol. The molecule has 2 aromatic rings. The molecule has 0 fully saturated rings. The second kappa shape index (κ2) is 8.11. The van der Waals surface area contributed by atoms with E-state index in [0.717, 1.165) is 18.7 Å². The Morgan fingerprint density at radius 2 is 1.81 bits per heavy atom. The number of phenols is 1. The van der Waals surface area contributed by atoms with E-state index in [-0.39, 0.29) is 0 Å². The Kier molecular flexibility index (Phi) is 6.15. The summed E-state index contributed by atoms with van der Waals surface area (Å²) in [4.78, 5) is 1.35. The van der Waals surface area contributed by atoms with Crippen LogP contribution in [0.4, 0.5) is 0 Å². The Balaban J connectivity index is 1.95. The third kappa shape index (κ3) is 5.10. The molecule has 0 aliphatic rings. The number of rotatable bonds is 7. The maximum Gasteiger partial charge on any atom is 0.115 e. The van der Waals surface area contributed by atoms with Crippen molar-refractivity contribution < 1.29 is 5.11 Å². The van der Waals surface area contributed by atoms with E-state index in [2.05, 4.69) is 43.4 Å². The van der Waals surface area contributed by atoms with Crippen LogP contribution in [0.15, 0.2) is 53.4 Å². The summed E-state index contributed by atoms with van der Waals surface area (Å²) >= 11 is 1.91. The Labute approximate surface area is 131 Å². The monoisotopic (exact) mass is 301 g/mol. The van der Waals surface area contributed by atoms with Gasteiger partial charge in [-0.05, 0) is 49.2 Å². The fourth-order valence-corrected chi connectivity index (χ4v) is 3.39. The number of hydrogen-bond acceptors (Lipinski definition) is 3. The first-order valence-electron chi connectivity index (χ1n) is 7.38. The van der Waals surface area contributed by atoms with E-state index < -0.39 is 0 Å². The zero-order valence-electron chi connectivity index (χ0n) is 12.7. The van der Waals surface area contributed by atoms with Gasteiger partial charge >= 0.3 is 0 Å². The highest BCUT2D eigenvalue weighted by molar-refractivity contribution is 7.99. The zero-order valence-corrected chi connectivity index (χ0v) is 13.5. The van der Waals surface area contributed by atoms with Crippen molar-refractivity contribution in [3.05, 3.63) is 59.7 Å². The molecule has 0 aliphatic carbocycles. The highest BCUT2D eigenvalue weighted by Crippen LogP contribution is 2.23. The molecule has 21 heavy (non-hydrogen) atoms. The highest BCUT2D eigenvalue weighted by Gasteiger charge is 2.10. The van der Waals surface area contributed by atoms with Crippen molar-refractivity contribution >= 4 is 11.8 Å². The molecule has 1 unspecified atom stereocenters. The van der Waals surface area contributed by atoms with Crippen molar-refractivity contribution in [2.24, 2.45) is 0 Å². The minimum atomic E-state index is 0.327. The molecule has 0 heterocycles. The Morgan fingerprint density at radius 3 is 2.48 bits per heavy atom. The number of aryl methyl sites for hydroxylation is 1. The molecule has 2 N–H and O–H groups in total.